The molecule has 0 amide bonds. The number of aromatic nitrogens is 2. The van der Waals surface area contributed by atoms with E-state index < -0.39 is 0 Å². The van der Waals surface area contributed by atoms with Crippen LogP contribution < -0.4 is 5.73 Å². The van der Waals surface area contributed by atoms with Crippen LogP contribution in [-0.4, -0.2) is 16.7 Å². The number of hydrogen-bond acceptors (Lipinski definition) is 2. The summed E-state index contributed by atoms with van der Waals surface area (Å²) < 4.78 is 0. The highest BCUT2D eigenvalue weighted by Crippen LogP contribution is 2.23. The van der Waals surface area contributed by atoms with E-state index in [1.165, 1.54) is 16.7 Å². The molecule has 2 aromatic rings. The standard InChI is InChI=1S/C13H17N3/c1-9-3-4-10(2)12(7-9)13-8-11(5-6-14)15-16-13/h3-4,7-8H,5-6,14H2,1-2H3,(H,15,16). The van der Waals surface area contributed by atoms with Crippen molar-refractivity contribution in [3.05, 3.63) is 41.1 Å². The van der Waals surface area contributed by atoms with Gasteiger partial charge in [-0.15, -0.1) is 0 Å². The minimum atomic E-state index is 0.647. The average molecular weight is 215 g/mol. The maximum absolute atomic E-state index is 5.51. The SMILES string of the molecule is Cc1ccc(C)c(-c2cc(CCN)[nH]n2)c1. The van der Waals surface area contributed by atoms with Crippen LogP contribution in [0.3, 0.4) is 0 Å². The van der Waals surface area contributed by atoms with E-state index in [0.717, 1.165) is 17.8 Å². The van der Waals surface area contributed by atoms with Gasteiger partial charge in [-0.2, -0.15) is 5.10 Å². The molecule has 0 fully saturated rings. The van der Waals surface area contributed by atoms with Crippen molar-refractivity contribution in [2.75, 3.05) is 6.54 Å². The number of H-pyrrole nitrogens is 1. The summed E-state index contributed by atoms with van der Waals surface area (Å²) in [7, 11) is 0. The molecule has 1 heterocycles. The number of hydrogen-bond donors (Lipinski definition) is 2. The Morgan fingerprint density at radius 2 is 2.06 bits per heavy atom. The van der Waals surface area contributed by atoms with Gasteiger partial charge in [0.1, 0.15) is 0 Å². The topological polar surface area (TPSA) is 54.7 Å². The normalized spacial score (nSPS) is 10.7. The van der Waals surface area contributed by atoms with Crippen LogP contribution in [0.25, 0.3) is 11.3 Å². The molecule has 0 atom stereocenters. The van der Waals surface area contributed by atoms with Gasteiger partial charge in [-0.1, -0.05) is 17.7 Å². The van der Waals surface area contributed by atoms with Crippen molar-refractivity contribution in [1.29, 1.82) is 0 Å². The largest absolute Gasteiger partial charge is 0.330 e. The predicted molar refractivity (Wildman–Crippen MR) is 66.3 cm³/mol. The van der Waals surface area contributed by atoms with Crippen molar-refractivity contribution in [3.63, 3.8) is 0 Å². The Labute approximate surface area is 95.7 Å². The molecule has 1 aromatic heterocycles. The molecule has 0 saturated carbocycles. The summed E-state index contributed by atoms with van der Waals surface area (Å²) in [5.74, 6) is 0. The van der Waals surface area contributed by atoms with E-state index in [4.69, 9.17) is 5.73 Å². The first-order chi connectivity index (χ1) is 7.70. The minimum Gasteiger partial charge on any atom is -0.330 e. The highest BCUT2D eigenvalue weighted by Gasteiger charge is 2.06. The molecule has 1 aromatic carbocycles. The van der Waals surface area contributed by atoms with Gasteiger partial charge < -0.3 is 5.73 Å². The molecule has 0 spiro atoms. The van der Waals surface area contributed by atoms with Gasteiger partial charge in [-0.3, -0.25) is 5.10 Å². The second-order valence-electron chi connectivity index (χ2n) is 4.14. The molecule has 16 heavy (non-hydrogen) atoms. The van der Waals surface area contributed by atoms with Crippen molar-refractivity contribution in [3.8, 4) is 11.3 Å². The fourth-order valence-electron chi connectivity index (χ4n) is 1.79. The van der Waals surface area contributed by atoms with Crippen LogP contribution in [0.4, 0.5) is 0 Å². The quantitative estimate of drug-likeness (QED) is 0.824. The number of aryl methyl sites for hydroxylation is 2. The summed E-state index contributed by atoms with van der Waals surface area (Å²) in [6.07, 6.45) is 0.845. The van der Waals surface area contributed by atoms with Gasteiger partial charge in [-0.25, -0.2) is 0 Å². The first kappa shape index (κ1) is 10.9. The van der Waals surface area contributed by atoms with Gasteiger partial charge in [0.05, 0.1) is 5.69 Å². The Morgan fingerprint density at radius 3 is 2.81 bits per heavy atom. The third kappa shape index (κ3) is 2.14. The molecule has 0 bridgehead atoms. The maximum atomic E-state index is 5.51. The van der Waals surface area contributed by atoms with E-state index in [0.29, 0.717) is 6.54 Å². The highest BCUT2D eigenvalue weighted by atomic mass is 15.1. The van der Waals surface area contributed by atoms with Gasteiger partial charge in [0.25, 0.3) is 0 Å². The summed E-state index contributed by atoms with van der Waals surface area (Å²) in [5.41, 5.74) is 11.3. The Bertz CT molecular complexity index is 486. The van der Waals surface area contributed by atoms with E-state index in [9.17, 15) is 0 Å². The molecule has 0 aliphatic rings. The maximum Gasteiger partial charge on any atom is 0.0926 e. The summed E-state index contributed by atoms with van der Waals surface area (Å²) in [6, 6.07) is 8.49. The molecular weight excluding hydrogens is 198 g/mol. The van der Waals surface area contributed by atoms with Crippen LogP contribution in [0.5, 0.6) is 0 Å². The summed E-state index contributed by atoms with van der Waals surface area (Å²) in [4.78, 5) is 0. The van der Waals surface area contributed by atoms with Crippen molar-refractivity contribution >= 4 is 0 Å². The third-order valence-electron chi connectivity index (χ3n) is 2.71. The Morgan fingerprint density at radius 1 is 1.25 bits per heavy atom. The number of nitrogens with zero attached hydrogens (tertiary/aromatic N) is 1. The summed E-state index contributed by atoms with van der Waals surface area (Å²) in [6.45, 7) is 4.84. The van der Waals surface area contributed by atoms with Crippen LogP contribution in [0.2, 0.25) is 0 Å². The lowest BCUT2D eigenvalue weighted by molar-refractivity contribution is 0.902. The van der Waals surface area contributed by atoms with Gasteiger partial charge in [0, 0.05) is 17.7 Å². The Balaban J connectivity index is 2.38. The van der Waals surface area contributed by atoms with Crippen LogP contribution in [0.15, 0.2) is 24.3 Å². The first-order valence-electron chi connectivity index (χ1n) is 5.52. The molecule has 0 aliphatic heterocycles. The molecule has 84 valence electrons. The fourth-order valence-corrected chi connectivity index (χ4v) is 1.79. The van der Waals surface area contributed by atoms with E-state index >= 15 is 0 Å². The minimum absolute atomic E-state index is 0.647. The van der Waals surface area contributed by atoms with E-state index in [2.05, 4.69) is 48.3 Å². The van der Waals surface area contributed by atoms with E-state index in [-0.39, 0.29) is 0 Å². The Hall–Kier alpha value is -1.61. The van der Waals surface area contributed by atoms with Crippen LogP contribution in [0, 0.1) is 13.8 Å². The molecule has 3 N–H and O–H groups in total. The van der Waals surface area contributed by atoms with Crippen LogP contribution in [0.1, 0.15) is 16.8 Å². The molecule has 0 aliphatic carbocycles. The van der Waals surface area contributed by atoms with Crippen molar-refractivity contribution < 1.29 is 0 Å². The van der Waals surface area contributed by atoms with Crippen molar-refractivity contribution in [2.45, 2.75) is 20.3 Å². The second kappa shape index (κ2) is 4.49. The molecule has 3 nitrogen and oxygen atoms in total. The first-order valence-corrected chi connectivity index (χ1v) is 5.52. The van der Waals surface area contributed by atoms with E-state index in [1.54, 1.807) is 0 Å². The lowest BCUT2D eigenvalue weighted by atomic mass is 10.0. The van der Waals surface area contributed by atoms with Crippen molar-refractivity contribution in [1.82, 2.24) is 10.2 Å². The van der Waals surface area contributed by atoms with E-state index in [1.807, 2.05) is 0 Å². The van der Waals surface area contributed by atoms with Gasteiger partial charge in [-0.05, 0) is 38.1 Å². The number of aromatic amines is 1. The number of benzene rings is 1. The van der Waals surface area contributed by atoms with Crippen LogP contribution >= 0.6 is 0 Å². The predicted octanol–water partition coefficient (Wildman–Crippen LogP) is 2.19. The van der Waals surface area contributed by atoms with Crippen LogP contribution in [-0.2, 0) is 6.42 Å². The lowest BCUT2D eigenvalue weighted by Crippen LogP contribution is -2.02. The monoisotopic (exact) mass is 215 g/mol. The third-order valence-corrected chi connectivity index (χ3v) is 2.71. The molecule has 0 saturated heterocycles. The zero-order valence-corrected chi connectivity index (χ0v) is 9.75. The molecular formula is C13H17N3. The van der Waals surface area contributed by atoms with Gasteiger partial charge in [0.15, 0.2) is 0 Å². The molecule has 3 heteroatoms. The Kier molecular flexibility index (Phi) is 3.06. The lowest BCUT2D eigenvalue weighted by Gasteiger charge is -2.03. The highest BCUT2D eigenvalue weighted by molar-refractivity contribution is 5.64. The zero-order chi connectivity index (χ0) is 11.5. The van der Waals surface area contributed by atoms with Gasteiger partial charge in [0.2, 0.25) is 0 Å². The van der Waals surface area contributed by atoms with Gasteiger partial charge >= 0.3 is 0 Å². The average Bonchev–Trinajstić information content (AvgIpc) is 2.71. The van der Waals surface area contributed by atoms with Crippen molar-refractivity contribution in [2.24, 2.45) is 5.73 Å². The zero-order valence-electron chi connectivity index (χ0n) is 9.75. The summed E-state index contributed by atoms with van der Waals surface area (Å²) in [5, 5.41) is 7.35. The number of nitrogens with two attached hydrogens (primary N) is 1. The smallest absolute Gasteiger partial charge is 0.0926 e. The second-order valence-corrected chi connectivity index (χ2v) is 4.14. The molecule has 2 rings (SSSR count). The molecule has 0 radical (unpaired) electrons. The molecule has 0 unspecified atom stereocenters. The number of nitrogens with one attached hydrogen (secondary N) is 1. The number of rotatable bonds is 3. The fraction of sp³-hybridized carbons (Fsp3) is 0.308. The summed E-state index contributed by atoms with van der Waals surface area (Å²) >= 11 is 0.